The van der Waals surface area contributed by atoms with E-state index in [0.717, 1.165) is 31.8 Å². The number of furan rings is 1. The average molecular weight is 562 g/mol. The first-order chi connectivity index (χ1) is 18.7. The van der Waals surface area contributed by atoms with Gasteiger partial charge in [-0.25, -0.2) is 0 Å². The molecule has 0 atom stereocenters. The molecule has 1 aliphatic rings. The molecule has 1 saturated heterocycles. The van der Waals surface area contributed by atoms with Crippen LogP contribution in [-0.4, -0.2) is 56.1 Å². The summed E-state index contributed by atoms with van der Waals surface area (Å²) in [6, 6.07) is 13.9. The van der Waals surface area contributed by atoms with Gasteiger partial charge in [0.1, 0.15) is 17.2 Å². The summed E-state index contributed by atoms with van der Waals surface area (Å²) >= 11 is 5.90. The minimum absolute atomic E-state index is 0.0775. The molecule has 0 aliphatic carbocycles. The van der Waals surface area contributed by atoms with Crippen molar-refractivity contribution in [3.8, 4) is 11.3 Å². The minimum atomic E-state index is -4.50. The second-order valence-corrected chi connectivity index (χ2v) is 9.30. The molecule has 39 heavy (non-hydrogen) atoms. The number of nitrogens with one attached hydrogen (secondary N) is 2. The zero-order valence-electron chi connectivity index (χ0n) is 20.9. The molecule has 1 aliphatic heterocycles. The van der Waals surface area contributed by atoms with Gasteiger partial charge in [0.05, 0.1) is 18.8 Å². The molecule has 2 amide bonds. The summed E-state index contributed by atoms with van der Waals surface area (Å²) in [5, 5.41) is 5.86. The second-order valence-electron chi connectivity index (χ2n) is 8.86. The summed E-state index contributed by atoms with van der Waals surface area (Å²) in [5.74, 6) is -0.707. The summed E-state index contributed by atoms with van der Waals surface area (Å²) in [5.41, 5.74) is -0.370. The highest BCUT2D eigenvalue weighted by Gasteiger charge is 2.30. The van der Waals surface area contributed by atoms with E-state index in [1.807, 2.05) is 0 Å². The van der Waals surface area contributed by atoms with Gasteiger partial charge in [-0.15, -0.1) is 0 Å². The van der Waals surface area contributed by atoms with Crippen molar-refractivity contribution in [2.75, 3.05) is 39.4 Å². The summed E-state index contributed by atoms with van der Waals surface area (Å²) in [6.45, 7) is 4.20. The summed E-state index contributed by atoms with van der Waals surface area (Å²) < 4.78 is 50.4. The lowest BCUT2D eigenvalue weighted by Crippen LogP contribution is -2.39. The number of rotatable bonds is 9. The van der Waals surface area contributed by atoms with Crippen molar-refractivity contribution in [1.82, 2.24) is 15.5 Å². The molecule has 0 unspecified atom stereocenters. The van der Waals surface area contributed by atoms with Crippen molar-refractivity contribution in [3.63, 3.8) is 0 Å². The Balaban J connectivity index is 1.50. The van der Waals surface area contributed by atoms with Crippen LogP contribution >= 0.6 is 11.6 Å². The Kier molecular flexibility index (Phi) is 9.45. The second kappa shape index (κ2) is 13.0. The van der Waals surface area contributed by atoms with Gasteiger partial charge in [0.2, 0.25) is 0 Å². The third-order valence-electron chi connectivity index (χ3n) is 6.03. The number of halogens is 4. The Morgan fingerprint density at radius 3 is 2.49 bits per heavy atom. The van der Waals surface area contributed by atoms with Gasteiger partial charge in [-0.2, -0.15) is 13.2 Å². The smallest absolute Gasteiger partial charge is 0.416 e. The fourth-order valence-electron chi connectivity index (χ4n) is 3.96. The van der Waals surface area contributed by atoms with Crippen LogP contribution in [0.1, 0.15) is 28.1 Å². The zero-order chi connectivity index (χ0) is 27.8. The first-order valence-electron chi connectivity index (χ1n) is 12.3. The first kappa shape index (κ1) is 28.4. The number of alkyl halides is 3. The quantitative estimate of drug-likeness (QED) is 0.276. The molecule has 0 spiro atoms. The van der Waals surface area contributed by atoms with E-state index in [1.54, 1.807) is 12.1 Å². The molecule has 2 N–H and O–H groups in total. The molecule has 11 heteroatoms. The van der Waals surface area contributed by atoms with E-state index >= 15 is 0 Å². The lowest BCUT2D eigenvalue weighted by molar-refractivity contribution is -0.137. The van der Waals surface area contributed by atoms with E-state index in [0.29, 0.717) is 31.2 Å². The highest BCUT2D eigenvalue weighted by molar-refractivity contribution is 6.30. The molecule has 1 aromatic heterocycles. The number of ether oxygens (including phenoxy) is 1. The van der Waals surface area contributed by atoms with Crippen LogP contribution in [-0.2, 0) is 15.7 Å². The monoisotopic (exact) mass is 561 g/mol. The van der Waals surface area contributed by atoms with Crippen LogP contribution in [0.2, 0.25) is 5.02 Å². The Hall–Kier alpha value is -3.60. The number of hydrogen-bond donors (Lipinski definition) is 2. The van der Waals surface area contributed by atoms with Gasteiger partial charge in [-0.1, -0.05) is 23.7 Å². The van der Waals surface area contributed by atoms with Crippen LogP contribution in [0.25, 0.3) is 17.4 Å². The predicted octanol–water partition coefficient (Wildman–Crippen LogP) is 5.23. The number of hydrogen-bond acceptors (Lipinski definition) is 5. The van der Waals surface area contributed by atoms with Crippen LogP contribution in [0.3, 0.4) is 0 Å². The number of benzene rings is 2. The van der Waals surface area contributed by atoms with E-state index in [2.05, 4.69) is 15.5 Å². The van der Waals surface area contributed by atoms with Gasteiger partial charge in [0, 0.05) is 41.9 Å². The molecule has 0 radical (unpaired) electrons. The van der Waals surface area contributed by atoms with Gasteiger partial charge in [-0.05, 0) is 61.5 Å². The molecule has 2 aromatic carbocycles. The summed E-state index contributed by atoms with van der Waals surface area (Å²) in [4.78, 5) is 28.1. The van der Waals surface area contributed by atoms with Crippen molar-refractivity contribution >= 4 is 29.5 Å². The van der Waals surface area contributed by atoms with Crippen molar-refractivity contribution in [2.24, 2.45) is 0 Å². The van der Waals surface area contributed by atoms with Gasteiger partial charge >= 0.3 is 6.18 Å². The molecule has 3 aromatic rings. The fourth-order valence-corrected chi connectivity index (χ4v) is 4.08. The molecule has 2 heterocycles. The minimum Gasteiger partial charge on any atom is -0.457 e. The highest BCUT2D eigenvalue weighted by atomic mass is 35.5. The Labute approximate surface area is 228 Å². The van der Waals surface area contributed by atoms with Crippen molar-refractivity contribution in [1.29, 1.82) is 0 Å². The Morgan fingerprint density at radius 2 is 1.77 bits per heavy atom. The average Bonchev–Trinajstić information content (AvgIpc) is 3.40. The van der Waals surface area contributed by atoms with Crippen LogP contribution < -0.4 is 10.6 Å². The number of nitrogens with zero attached hydrogens (tertiary/aromatic N) is 1. The zero-order valence-corrected chi connectivity index (χ0v) is 21.6. The number of carbonyl (C=O) groups excluding carboxylic acids is 2. The van der Waals surface area contributed by atoms with Crippen molar-refractivity contribution in [3.05, 3.63) is 88.3 Å². The third kappa shape index (κ3) is 8.19. The van der Waals surface area contributed by atoms with E-state index in [-0.39, 0.29) is 28.3 Å². The maximum absolute atomic E-state index is 13.1. The van der Waals surface area contributed by atoms with Crippen LogP contribution in [0, 0.1) is 0 Å². The topological polar surface area (TPSA) is 83.8 Å². The molecule has 4 rings (SSSR count). The number of carbonyl (C=O) groups is 2. The van der Waals surface area contributed by atoms with Gasteiger partial charge in [0.25, 0.3) is 11.8 Å². The molecular weight excluding hydrogens is 535 g/mol. The van der Waals surface area contributed by atoms with E-state index in [1.165, 1.54) is 42.5 Å². The van der Waals surface area contributed by atoms with E-state index < -0.39 is 23.6 Å². The summed E-state index contributed by atoms with van der Waals surface area (Å²) in [6.07, 6.45) is -2.46. The maximum atomic E-state index is 13.1. The molecule has 0 bridgehead atoms. The Morgan fingerprint density at radius 1 is 1.03 bits per heavy atom. The summed E-state index contributed by atoms with van der Waals surface area (Å²) in [7, 11) is 0. The van der Waals surface area contributed by atoms with Gasteiger partial charge in [-0.3, -0.25) is 14.5 Å². The Bertz CT molecular complexity index is 1320. The molecule has 0 saturated carbocycles. The standard InChI is InChI=1S/C28H27ClF3N3O4/c29-22-7-5-19(6-8-22)26(36)34-24(27(37)33-11-2-12-35-13-15-38-16-14-35)18-23-9-10-25(39-23)20-3-1-4-21(17-20)28(30,31)32/h1,3-10,17-18H,2,11-16H2,(H,33,37)(H,34,36)/b24-18-. The lowest BCUT2D eigenvalue weighted by atomic mass is 10.1. The van der Waals surface area contributed by atoms with Crippen LogP contribution in [0.15, 0.2) is 70.8 Å². The predicted molar refractivity (Wildman–Crippen MR) is 141 cm³/mol. The van der Waals surface area contributed by atoms with E-state index in [9.17, 15) is 22.8 Å². The normalized spacial score (nSPS) is 14.7. The maximum Gasteiger partial charge on any atom is 0.416 e. The fraction of sp³-hybridized carbons (Fsp3) is 0.286. The number of amides is 2. The molecule has 206 valence electrons. The number of morpholine rings is 1. The van der Waals surface area contributed by atoms with Crippen LogP contribution in [0.5, 0.6) is 0 Å². The molecular formula is C28H27ClF3N3O4. The van der Waals surface area contributed by atoms with Gasteiger partial charge < -0.3 is 19.8 Å². The molecule has 7 nitrogen and oxygen atoms in total. The largest absolute Gasteiger partial charge is 0.457 e. The third-order valence-corrected chi connectivity index (χ3v) is 6.28. The van der Waals surface area contributed by atoms with Crippen molar-refractivity contribution in [2.45, 2.75) is 12.6 Å². The van der Waals surface area contributed by atoms with E-state index in [4.69, 9.17) is 20.8 Å². The lowest BCUT2D eigenvalue weighted by Gasteiger charge is -2.26. The first-order valence-corrected chi connectivity index (χ1v) is 12.7. The highest BCUT2D eigenvalue weighted by Crippen LogP contribution is 2.32. The SMILES string of the molecule is O=C(NCCCN1CCOCC1)/C(=C/c1ccc(-c2cccc(C(F)(F)F)c2)o1)NC(=O)c1ccc(Cl)cc1. The van der Waals surface area contributed by atoms with Gasteiger partial charge in [0.15, 0.2) is 0 Å². The van der Waals surface area contributed by atoms with Crippen molar-refractivity contribution < 1.29 is 31.9 Å². The molecule has 1 fully saturated rings. The van der Waals surface area contributed by atoms with Crippen LogP contribution in [0.4, 0.5) is 13.2 Å².